The van der Waals surface area contributed by atoms with E-state index in [1.807, 2.05) is 19.1 Å². The molecule has 0 radical (unpaired) electrons. The predicted octanol–water partition coefficient (Wildman–Crippen LogP) is 5.45. The van der Waals surface area contributed by atoms with Gasteiger partial charge in [0.05, 0.1) is 11.1 Å². The summed E-state index contributed by atoms with van der Waals surface area (Å²) in [6, 6.07) is 6.18. The fourth-order valence-electron chi connectivity index (χ4n) is 4.04. The fraction of sp³-hybridized carbons (Fsp3) is 0.417. The van der Waals surface area contributed by atoms with Crippen LogP contribution >= 0.6 is 0 Å². The highest BCUT2D eigenvalue weighted by molar-refractivity contribution is 5.81. The first kappa shape index (κ1) is 21.4. The molecule has 164 valence electrons. The molecule has 31 heavy (non-hydrogen) atoms. The summed E-state index contributed by atoms with van der Waals surface area (Å²) in [5, 5.41) is 6.11. The second-order valence-corrected chi connectivity index (χ2v) is 9.28. The van der Waals surface area contributed by atoms with Crippen molar-refractivity contribution >= 4 is 17.2 Å². The Morgan fingerprint density at radius 2 is 1.97 bits per heavy atom. The third-order valence-corrected chi connectivity index (χ3v) is 6.51. The number of halogens is 3. The first-order valence-electron chi connectivity index (χ1n) is 10.4. The average Bonchev–Trinajstić information content (AvgIpc) is 3.50. The van der Waals surface area contributed by atoms with Gasteiger partial charge in [0.2, 0.25) is 5.95 Å². The molecule has 1 aliphatic carbocycles. The second kappa shape index (κ2) is 7.11. The van der Waals surface area contributed by atoms with Gasteiger partial charge in [-0.1, -0.05) is 39.1 Å². The Morgan fingerprint density at radius 1 is 1.26 bits per heavy atom. The molecule has 2 aromatic rings. The largest absolute Gasteiger partial charge is 0.396 e. The molecule has 0 unspecified atom stereocenters. The average molecular weight is 429 g/mol. The van der Waals surface area contributed by atoms with Gasteiger partial charge in [0.1, 0.15) is 0 Å². The van der Waals surface area contributed by atoms with Crippen LogP contribution in [-0.4, -0.2) is 29.2 Å². The summed E-state index contributed by atoms with van der Waals surface area (Å²) in [7, 11) is 0. The third-order valence-electron chi connectivity index (χ3n) is 6.51. The highest BCUT2D eigenvalue weighted by Crippen LogP contribution is 2.57. The van der Waals surface area contributed by atoms with E-state index < -0.39 is 11.6 Å². The third kappa shape index (κ3) is 3.82. The summed E-state index contributed by atoms with van der Waals surface area (Å²) in [6.07, 6.45) is -2.28. The number of alkyl halides is 3. The Balaban J connectivity index is 1.55. The molecule has 2 aliphatic rings. The van der Waals surface area contributed by atoms with Crippen molar-refractivity contribution < 1.29 is 13.2 Å². The molecule has 4 nitrogen and oxygen atoms in total. The van der Waals surface area contributed by atoms with Gasteiger partial charge in [-0.15, -0.1) is 0 Å². The molecular formula is C24H27F3N4. The molecule has 1 saturated carbocycles. The Kier molecular flexibility index (Phi) is 4.91. The minimum Gasteiger partial charge on any atom is -0.384 e. The van der Waals surface area contributed by atoms with Crippen molar-refractivity contribution in [2.75, 3.05) is 18.4 Å². The zero-order valence-corrected chi connectivity index (χ0v) is 18.1. The number of nitrogens with one attached hydrogen (secondary N) is 2. The van der Waals surface area contributed by atoms with E-state index in [2.05, 4.69) is 53.7 Å². The van der Waals surface area contributed by atoms with Crippen molar-refractivity contribution in [3.63, 3.8) is 0 Å². The quantitative estimate of drug-likeness (QED) is 0.665. The van der Waals surface area contributed by atoms with Crippen LogP contribution in [0.5, 0.6) is 0 Å². The van der Waals surface area contributed by atoms with E-state index in [0.29, 0.717) is 5.69 Å². The molecule has 1 aromatic heterocycles. The maximum absolute atomic E-state index is 13.1. The van der Waals surface area contributed by atoms with Gasteiger partial charge < -0.3 is 10.6 Å². The minimum absolute atomic E-state index is 0.0522. The van der Waals surface area contributed by atoms with E-state index in [4.69, 9.17) is 0 Å². The normalized spacial score (nSPS) is 18.7. The summed E-state index contributed by atoms with van der Waals surface area (Å²) < 4.78 is 39.4. The van der Waals surface area contributed by atoms with Crippen LogP contribution in [-0.2, 0) is 5.41 Å². The van der Waals surface area contributed by atoms with E-state index in [0.717, 1.165) is 34.5 Å². The van der Waals surface area contributed by atoms with E-state index in [-0.39, 0.29) is 30.7 Å². The summed E-state index contributed by atoms with van der Waals surface area (Å²) >= 11 is 0. The number of hydrogen-bond donors (Lipinski definition) is 2. The van der Waals surface area contributed by atoms with E-state index in [9.17, 15) is 13.2 Å². The van der Waals surface area contributed by atoms with Crippen molar-refractivity contribution in [3.05, 3.63) is 65.5 Å². The van der Waals surface area contributed by atoms with Crippen LogP contribution in [0.1, 0.15) is 54.6 Å². The molecule has 1 aliphatic heterocycles. The number of fused-ring (bicyclic) bond motifs is 1. The molecule has 0 spiro atoms. The number of aromatic nitrogens is 2. The van der Waals surface area contributed by atoms with Crippen LogP contribution in [0.15, 0.2) is 37.6 Å². The summed E-state index contributed by atoms with van der Waals surface area (Å²) in [6.45, 7) is 15.1. The standard InChI is InChI=1S/C24H27F3N4/c1-14(17-6-7-18-15(2)29-12-22(4,5)20(18)10-17)19-11-28-21(31-16(19)3)30-13-23(8-9-23)24(25,26)27/h6-7,10-11,29H,1-2,8-9,12-13H2,3-5H3,(H,28,30,31). The van der Waals surface area contributed by atoms with Crippen LogP contribution < -0.4 is 10.6 Å². The molecule has 2 heterocycles. The van der Waals surface area contributed by atoms with Crippen molar-refractivity contribution in [1.29, 1.82) is 0 Å². The Morgan fingerprint density at radius 3 is 2.58 bits per heavy atom. The van der Waals surface area contributed by atoms with Crippen LogP contribution in [0.2, 0.25) is 0 Å². The van der Waals surface area contributed by atoms with Crippen molar-refractivity contribution in [1.82, 2.24) is 15.3 Å². The molecule has 2 N–H and O–H groups in total. The first-order valence-corrected chi connectivity index (χ1v) is 10.4. The van der Waals surface area contributed by atoms with Crippen LogP contribution in [0.25, 0.3) is 11.3 Å². The van der Waals surface area contributed by atoms with Gasteiger partial charge in [0.25, 0.3) is 0 Å². The van der Waals surface area contributed by atoms with Gasteiger partial charge in [0, 0.05) is 41.5 Å². The molecule has 1 fully saturated rings. The molecular weight excluding hydrogens is 401 g/mol. The Bertz CT molecular complexity index is 1060. The molecule has 1 aromatic carbocycles. The Hall–Kier alpha value is -2.83. The lowest BCUT2D eigenvalue weighted by atomic mass is 9.77. The Labute approximate surface area is 180 Å². The van der Waals surface area contributed by atoms with Crippen molar-refractivity contribution in [2.45, 2.75) is 45.2 Å². The highest BCUT2D eigenvalue weighted by atomic mass is 19.4. The lowest BCUT2D eigenvalue weighted by Crippen LogP contribution is -2.37. The van der Waals surface area contributed by atoms with Gasteiger partial charge in [-0.3, -0.25) is 0 Å². The molecule has 7 heteroatoms. The number of nitrogens with zero attached hydrogens (tertiary/aromatic N) is 2. The van der Waals surface area contributed by atoms with E-state index >= 15 is 0 Å². The smallest absolute Gasteiger partial charge is 0.384 e. The van der Waals surface area contributed by atoms with E-state index in [1.165, 1.54) is 5.56 Å². The monoisotopic (exact) mass is 428 g/mol. The molecule has 4 rings (SSSR count). The van der Waals surface area contributed by atoms with Crippen LogP contribution in [0.3, 0.4) is 0 Å². The number of hydrogen-bond acceptors (Lipinski definition) is 4. The fourth-order valence-corrected chi connectivity index (χ4v) is 4.04. The van der Waals surface area contributed by atoms with Gasteiger partial charge in [-0.2, -0.15) is 13.2 Å². The molecule has 0 atom stereocenters. The number of anilines is 1. The SMILES string of the molecule is C=C1NCC(C)(C)c2cc(C(=C)c3cnc(NCC4(C(F)(F)F)CC4)nc3C)ccc21. The molecule has 0 saturated heterocycles. The highest BCUT2D eigenvalue weighted by Gasteiger charge is 2.62. The van der Waals surface area contributed by atoms with Gasteiger partial charge in [0.15, 0.2) is 0 Å². The van der Waals surface area contributed by atoms with E-state index in [1.54, 1.807) is 6.20 Å². The van der Waals surface area contributed by atoms with Crippen LogP contribution in [0.4, 0.5) is 19.1 Å². The zero-order valence-electron chi connectivity index (χ0n) is 18.1. The number of aryl methyl sites for hydroxylation is 1. The molecule has 0 bridgehead atoms. The maximum atomic E-state index is 13.1. The number of rotatable bonds is 5. The van der Waals surface area contributed by atoms with Gasteiger partial charge in [-0.25, -0.2) is 9.97 Å². The predicted molar refractivity (Wildman–Crippen MR) is 118 cm³/mol. The van der Waals surface area contributed by atoms with Gasteiger partial charge >= 0.3 is 6.18 Å². The summed E-state index contributed by atoms with van der Waals surface area (Å²) in [4.78, 5) is 8.64. The lowest BCUT2D eigenvalue weighted by molar-refractivity contribution is -0.182. The second-order valence-electron chi connectivity index (χ2n) is 9.28. The van der Waals surface area contributed by atoms with Crippen molar-refractivity contribution in [2.24, 2.45) is 5.41 Å². The number of benzene rings is 1. The minimum atomic E-state index is -4.20. The summed E-state index contributed by atoms with van der Waals surface area (Å²) in [5.74, 6) is 0.207. The lowest BCUT2D eigenvalue weighted by Gasteiger charge is -2.35. The first-order chi connectivity index (χ1) is 14.4. The van der Waals surface area contributed by atoms with Crippen molar-refractivity contribution in [3.8, 4) is 0 Å². The molecule has 0 amide bonds. The van der Waals surface area contributed by atoms with Crippen LogP contribution in [0, 0.1) is 12.3 Å². The summed E-state index contributed by atoms with van der Waals surface area (Å²) in [5.41, 5.74) is 4.70. The van der Waals surface area contributed by atoms with Gasteiger partial charge in [-0.05, 0) is 42.5 Å². The maximum Gasteiger partial charge on any atom is 0.396 e. The topological polar surface area (TPSA) is 49.8 Å². The zero-order chi connectivity index (χ0) is 22.6.